The molecule has 4 aromatic rings. The van der Waals surface area contributed by atoms with E-state index in [-0.39, 0.29) is 12.3 Å². The lowest BCUT2D eigenvalue weighted by Crippen LogP contribution is -2.09. The zero-order valence-electron chi connectivity index (χ0n) is 12.4. The van der Waals surface area contributed by atoms with Crippen LogP contribution >= 0.6 is 0 Å². The lowest BCUT2D eigenvalue weighted by atomic mass is 10.0. The highest BCUT2D eigenvalue weighted by Crippen LogP contribution is 2.30. The van der Waals surface area contributed by atoms with Gasteiger partial charge in [-0.2, -0.15) is 0 Å². The molecule has 0 aliphatic rings. The zero-order chi connectivity index (χ0) is 15.6. The number of hydrogen-bond acceptors (Lipinski definition) is 2. The first-order valence-corrected chi connectivity index (χ1v) is 7.48. The standard InChI is InChI=1S/C19H15N3O/c23-17(12-22-11-10-20-13-22)18-15-8-4-5-9-16(15)21-19(18)14-6-2-1-3-7-14/h1-11,13,21H,12H2. The van der Waals surface area contributed by atoms with Crippen molar-refractivity contribution in [2.75, 3.05) is 0 Å². The highest BCUT2D eigenvalue weighted by atomic mass is 16.1. The molecular weight excluding hydrogens is 286 g/mol. The molecular formula is C19H15N3O. The third-order valence-electron chi connectivity index (χ3n) is 3.93. The first-order valence-electron chi connectivity index (χ1n) is 7.48. The number of aromatic nitrogens is 3. The number of aromatic amines is 1. The molecule has 2 heterocycles. The number of fused-ring (bicyclic) bond motifs is 1. The number of nitrogens with zero attached hydrogens (tertiary/aromatic N) is 2. The Bertz CT molecular complexity index is 953. The molecule has 1 N–H and O–H groups in total. The van der Waals surface area contributed by atoms with Gasteiger partial charge in [-0.3, -0.25) is 4.79 Å². The van der Waals surface area contributed by atoms with Crippen LogP contribution in [0.3, 0.4) is 0 Å². The van der Waals surface area contributed by atoms with E-state index in [1.807, 2.05) is 54.6 Å². The van der Waals surface area contributed by atoms with Gasteiger partial charge in [-0.15, -0.1) is 0 Å². The number of ketones is 1. The molecule has 0 unspecified atom stereocenters. The van der Waals surface area contributed by atoms with Crippen LogP contribution in [0.25, 0.3) is 22.2 Å². The second kappa shape index (κ2) is 5.57. The Morgan fingerprint density at radius 1 is 1.04 bits per heavy atom. The molecule has 4 heteroatoms. The average molecular weight is 301 g/mol. The van der Waals surface area contributed by atoms with Crippen molar-refractivity contribution in [1.29, 1.82) is 0 Å². The average Bonchev–Trinajstić information content (AvgIpc) is 3.22. The first kappa shape index (κ1) is 13.5. The van der Waals surface area contributed by atoms with Crippen LogP contribution in [-0.4, -0.2) is 20.3 Å². The maximum Gasteiger partial charge on any atom is 0.185 e. The van der Waals surface area contributed by atoms with Gasteiger partial charge < -0.3 is 9.55 Å². The van der Waals surface area contributed by atoms with Crippen molar-refractivity contribution in [1.82, 2.24) is 14.5 Å². The fraction of sp³-hybridized carbons (Fsp3) is 0.0526. The van der Waals surface area contributed by atoms with Gasteiger partial charge in [-0.25, -0.2) is 4.98 Å². The predicted octanol–water partition coefficient (Wildman–Crippen LogP) is 3.91. The van der Waals surface area contributed by atoms with Crippen LogP contribution in [0.2, 0.25) is 0 Å². The molecule has 0 fully saturated rings. The fourth-order valence-electron chi connectivity index (χ4n) is 2.88. The van der Waals surface area contributed by atoms with Gasteiger partial charge in [0.25, 0.3) is 0 Å². The lowest BCUT2D eigenvalue weighted by Gasteiger charge is -2.05. The van der Waals surface area contributed by atoms with Crippen molar-refractivity contribution < 1.29 is 4.79 Å². The summed E-state index contributed by atoms with van der Waals surface area (Å²) in [7, 11) is 0. The summed E-state index contributed by atoms with van der Waals surface area (Å²) < 4.78 is 1.79. The van der Waals surface area contributed by atoms with E-state index < -0.39 is 0 Å². The van der Waals surface area contributed by atoms with Crippen LogP contribution in [0.5, 0.6) is 0 Å². The molecule has 0 aliphatic carbocycles. The summed E-state index contributed by atoms with van der Waals surface area (Å²) in [6.45, 7) is 0.279. The highest BCUT2D eigenvalue weighted by Gasteiger charge is 2.19. The van der Waals surface area contributed by atoms with E-state index in [0.717, 1.165) is 27.7 Å². The molecule has 4 rings (SSSR count). The number of hydrogen-bond donors (Lipinski definition) is 1. The number of carbonyl (C=O) groups excluding carboxylic acids is 1. The van der Waals surface area contributed by atoms with Crippen LogP contribution < -0.4 is 0 Å². The van der Waals surface area contributed by atoms with Gasteiger partial charge >= 0.3 is 0 Å². The van der Waals surface area contributed by atoms with Crippen LogP contribution in [0.15, 0.2) is 73.3 Å². The van der Waals surface area contributed by atoms with Crippen LogP contribution in [0.1, 0.15) is 10.4 Å². The Kier molecular flexibility index (Phi) is 3.27. The molecule has 0 radical (unpaired) electrons. The number of para-hydroxylation sites is 1. The minimum absolute atomic E-state index is 0.0688. The van der Waals surface area contributed by atoms with Gasteiger partial charge in [0.1, 0.15) is 0 Å². The lowest BCUT2D eigenvalue weighted by molar-refractivity contribution is 0.0974. The maximum absolute atomic E-state index is 12.9. The molecule has 2 aromatic carbocycles. The Labute approximate surface area is 133 Å². The molecule has 23 heavy (non-hydrogen) atoms. The van der Waals surface area contributed by atoms with Crippen molar-refractivity contribution in [2.24, 2.45) is 0 Å². The molecule has 0 saturated heterocycles. The summed E-state index contributed by atoms with van der Waals surface area (Å²) in [5.74, 6) is 0.0688. The Morgan fingerprint density at radius 3 is 2.61 bits per heavy atom. The zero-order valence-corrected chi connectivity index (χ0v) is 12.4. The maximum atomic E-state index is 12.9. The molecule has 4 nitrogen and oxygen atoms in total. The molecule has 0 atom stereocenters. The smallest absolute Gasteiger partial charge is 0.185 e. The van der Waals surface area contributed by atoms with Gasteiger partial charge in [0.2, 0.25) is 0 Å². The van der Waals surface area contributed by atoms with E-state index in [0.29, 0.717) is 0 Å². The monoisotopic (exact) mass is 301 g/mol. The predicted molar refractivity (Wildman–Crippen MR) is 90.3 cm³/mol. The summed E-state index contributed by atoms with van der Waals surface area (Å²) in [5, 5.41) is 0.955. The molecule has 2 aromatic heterocycles. The Morgan fingerprint density at radius 2 is 1.83 bits per heavy atom. The van der Waals surface area contributed by atoms with E-state index in [1.54, 1.807) is 23.3 Å². The van der Waals surface area contributed by atoms with Crippen LogP contribution in [0, 0.1) is 0 Å². The number of nitrogens with one attached hydrogen (secondary N) is 1. The number of rotatable bonds is 4. The number of imidazole rings is 1. The summed E-state index contributed by atoms with van der Waals surface area (Å²) in [5.41, 5.74) is 3.59. The summed E-state index contributed by atoms with van der Waals surface area (Å²) >= 11 is 0. The van der Waals surface area contributed by atoms with E-state index in [9.17, 15) is 4.79 Å². The Hall–Kier alpha value is -3.14. The Balaban J connectivity index is 1.88. The van der Waals surface area contributed by atoms with Gasteiger partial charge in [0.15, 0.2) is 5.78 Å². The molecule has 0 saturated carbocycles. The van der Waals surface area contributed by atoms with E-state index in [4.69, 9.17) is 0 Å². The number of H-pyrrole nitrogens is 1. The van der Waals surface area contributed by atoms with Crippen molar-refractivity contribution in [2.45, 2.75) is 6.54 Å². The SMILES string of the molecule is O=C(Cn1ccnc1)c1c(-c2ccccc2)[nH]c2ccccc12. The highest BCUT2D eigenvalue weighted by molar-refractivity contribution is 6.13. The normalized spacial score (nSPS) is 11.0. The second-order valence-corrected chi connectivity index (χ2v) is 5.44. The van der Waals surface area contributed by atoms with Crippen molar-refractivity contribution >= 4 is 16.7 Å². The third kappa shape index (κ3) is 2.44. The first-order chi connectivity index (χ1) is 11.3. The molecule has 112 valence electrons. The number of benzene rings is 2. The topological polar surface area (TPSA) is 50.7 Å². The van der Waals surface area contributed by atoms with Gasteiger partial charge in [0, 0.05) is 23.3 Å². The van der Waals surface area contributed by atoms with E-state index in [2.05, 4.69) is 9.97 Å². The molecule has 0 bridgehead atoms. The number of carbonyl (C=O) groups is 1. The summed E-state index contributed by atoms with van der Waals surface area (Å²) in [4.78, 5) is 20.3. The molecule has 0 amide bonds. The van der Waals surface area contributed by atoms with Gasteiger partial charge in [0.05, 0.1) is 24.1 Å². The summed E-state index contributed by atoms with van der Waals surface area (Å²) in [6.07, 6.45) is 5.14. The fourth-order valence-corrected chi connectivity index (χ4v) is 2.88. The van der Waals surface area contributed by atoms with Crippen LogP contribution in [0.4, 0.5) is 0 Å². The van der Waals surface area contributed by atoms with Crippen molar-refractivity contribution in [3.63, 3.8) is 0 Å². The van der Waals surface area contributed by atoms with Crippen molar-refractivity contribution in [3.8, 4) is 11.3 Å². The minimum Gasteiger partial charge on any atom is -0.354 e. The van der Waals surface area contributed by atoms with Gasteiger partial charge in [-0.05, 0) is 11.6 Å². The second-order valence-electron chi connectivity index (χ2n) is 5.44. The third-order valence-corrected chi connectivity index (χ3v) is 3.93. The van der Waals surface area contributed by atoms with E-state index >= 15 is 0 Å². The van der Waals surface area contributed by atoms with Gasteiger partial charge in [-0.1, -0.05) is 48.5 Å². The number of Topliss-reactive ketones (excluding diaryl/α,β-unsaturated/α-hetero) is 1. The van der Waals surface area contributed by atoms with E-state index in [1.165, 1.54) is 0 Å². The largest absolute Gasteiger partial charge is 0.354 e. The quantitative estimate of drug-likeness (QED) is 0.581. The van der Waals surface area contributed by atoms with Crippen LogP contribution in [-0.2, 0) is 6.54 Å². The molecule has 0 spiro atoms. The van der Waals surface area contributed by atoms with Crippen molar-refractivity contribution in [3.05, 3.63) is 78.9 Å². The minimum atomic E-state index is 0.0688. The molecule has 0 aliphatic heterocycles. The summed E-state index contributed by atoms with van der Waals surface area (Å²) in [6, 6.07) is 17.9.